The Hall–Kier alpha value is -2.54. The summed E-state index contributed by atoms with van der Waals surface area (Å²) in [6, 6.07) is 6.53. The van der Waals surface area contributed by atoms with Crippen molar-refractivity contribution in [2.24, 2.45) is 10.1 Å². The van der Waals surface area contributed by atoms with Crippen LogP contribution in [-0.2, 0) is 0 Å². The van der Waals surface area contributed by atoms with Gasteiger partial charge in [0.2, 0.25) is 4.80 Å². The van der Waals surface area contributed by atoms with E-state index in [-0.39, 0.29) is 5.69 Å². The van der Waals surface area contributed by atoms with Crippen LogP contribution in [-0.4, -0.2) is 21.9 Å². The number of nitrogens with zero attached hydrogens (tertiary/aromatic N) is 4. The fourth-order valence-electron chi connectivity index (χ4n) is 2.54. The van der Waals surface area contributed by atoms with Gasteiger partial charge in [0.1, 0.15) is 0 Å². The van der Waals surface area contributed by atoms with Gasteiger partial charge in [-0.2, -0.15) is 5.10 Å². The largest absolute Gasteiger partial charge is 0.269 e. The predicted octanol–water partition coefficient (Wildman–Crippen LogP) is 5.02. The van der Waals surface area contributed by atoms with E-state index in [9.17, 15) is 10.1 Å². The van der Waals surface area contributed by atoms with Crippen LogP contribution in [0.25, 0.3) is 11.3 Å². The molecule has 1 heterocycles. The Balaban J connectivity index is 2.55. The molecule has 138 valence electrons. The average molecular weight is 372 g/mol. The second-order valence-electron chi connectivity index (χ2n) is 5.81. The zero-order valence-electron chi connectivity index (χ0n) is 15.2. The summed E-state index contributed by atoms with van der Waals surface area (Å²) >= 11 is 1.51. The highest BCUT2D eigenvalue weighted by molar-refractivity contribution is 7.07. The highest BCUT2D eigenvalue weighted by Crippen LogP contribution is 2.23. The van der Waals surface area contributed by atoms with Crippen LogP contribution in [0.15, 0.2) is 52.4 Å². The molecule has 0 atom stereocenters. The quantitative estimate of drug-likeness (QED) is 0.268. The first-order valence-corrected chi connectivity index (χ1v) is 9.62. The van der Waals surface area contributed by atoms with Crippen molar-refractivity contribution >= 4 is 22.7 Å². The van der Waals surface area contributed by atoms with E-state index in [1.807, 2.05) is 10.1 Å². The molecule has 26 heavy (non-hydrogen) atoms. The van der Waals surface area contributed by atoms with Crippen LogP contribution in [0.5, 0.6) is 0 Å². The lowest BCUT2D eigenvalue weighted by molar-refractivity contribution is -0.384. The van der Waals surface area contributed by atoms with Crippen molar-refractivity contribution in [3.05, 3.63) is 57.2 Å². The molecule has 0 N–H and O–H groups in total. The van der Waals surface area contributed by atoms with Gasteiger partial charge in [-0.25, -0.2) is 4.68 Å². The van der Waals surface area contributed by atoms with E-state index < -0.39 is 4.92 Å². The minimum atomic E-state index is -0.394. The van der Waals surface area contributed by atoms with E-state index in [1.54, 1.807) is 18.2 Å². The normalized spacial score (nSPS) is 11.4. The second-order valence-corrected chi connectivity index (χ2v) is 6.65. The van der Waals surface area contributed by atoms with E-state index in [0.717, 1.165) is 47.5 Å². The Morgan fingerprint density at radius 3 is 2.46 bits per heavy atom. The number of benzene rings is 1. The first-order valence-electron chi connectivity index (χ1n) is 8.74. The molecule has 0 aliphatic carbocycles. The van der Waals surface area contributed by atoms with Gasteiger partial charge in [0.25, 0.3) is 5.69 Å². The van der Waals surface area contributed by atoms with Gasteiger partial charge in [0, 0.05) is 28.8 Å². The maximum Gasteiger partial charge on any atom is 0.269 e. The van der Waals surface area contributed by atoms with Crippen LogP contribution < -0.4 is 4.80 Å². The van der Waals surface area contributed by atoms with Crippen LogP contribution in [0.1, 0.15) is 39.5 Å². The van der Waals surface area contributed by atoms with Crippen molar-refractivity contribution in [2.75, 3.05) is 6.54 Å². The number of rotatable bonds is 9. The summed E-state index contributed by atoms with van der Waals surface area (Å²) < 4.78 is 1.86. The van der Waals surface area contributed by atoms with Crippen molar-refractivity contribution in [3.8, 4) is 11.3 Å². The lowest BCUT2D eigenvalue weighted by Crippen LogP contribution is -2.15. The molecule has 0 fully saturated rings. The molecule has 2 aromatic rings. The molecule has 0 aliphatic heterocycles. The lowest BCUT2D eigenvalue weighted by atomic mass is 10.1. The number of nitro benzene ring substituents is 1. The minimum absolute atomic E-state index is 0.0771. The Labute approximate surface area is 157 Å². The third kappa shape index (κ3) is 4.98. The Bertz CT molecular complexity index is 839. The first-order chi connectivity index (χ1) is 12.6. The highest BCUT2D eigenvalue weighted by Gasteiger charge is 2.11. The molecule has 0 saturated carbocycles. The Kier molecular flexibility index (Phi) is 7.47. The van der Waals surface area contributed by atoms with Gasteiger partial charge in [-0.15, -0.1) is 17.9 Å². The number of nitro groups is 1. The molecule has 0 bridgehead atoms. The molecule has 1 aromatic heterocycles. The molecule has 0 radical (unpaired) electrons. The molecular weight excluding hydrogens is 348 g/mol. The number of hydrogen-bond donors (Lipinski definition) is 0. The number of non-ortho nitro benzene ring substituents is 1. The second kappa shape index (κ2) is 9.82. The zero-order chi connectivity index (χ0) is 18.9. The fourth-order valence-corrected chi connectivity index (χ4v) is 3.38. The van der Waals surface area contributed by atoms with Crippen molar-refractivity contribution in [1.82, 2.24) is 4.68 Å². The maximum atomic E-state index is 10.9. The van der Waals surface area contributed by atoms with Gasteiger partial charge >= 0.3 is 0 Å². The lowest BCUT2D eigenvalue weighted by Gasteiger charge is -2.08. The van der Waals surface area contributed by atoms with Gasteiger partial charge in [-0.05, 0) is 25.0 Å². The number of hydrogen-bond acceptors (Lipinski definition) is 5. The highest BCUT2D eigenvalue weighted by atomic mass is 32.1. The molecule has 0 saturated heterocycles. The van der Waals surface area contributed by atoms with Crippen molar-refractivity contribution < 1.29 is 4.92 Å². The molecule has 0 amide bonds. The third-order valence-corrected chi connectivity index (χ3v) is 4.59. The van der Waals surface area contributed by atoms with Crippen LogP contribution in [0.4, 0.5) is 5.69 Å². The molecular formula is C19H24N4O2S. The molecule has 1 aromatic carbocycles. The minimum Gasteiger partial charge on any atom is -0.258 e. The molecule has 2 rings (SSSR count). The van der Waals surface area contributed by atoms with Crippen LogP contribution in [0.2, 0.25) is 0 Å². The third-order valence-electron chi connectivity index (χ3n) is 3.73. The molecule has 0 spiro atoms. The molecule has 0 aliphatic rings. The predicted molar refractivity (Wildman–Crippen MR) is 108 cm³/mol. The van der Waals surface area contributed by atoms with Crippen molar-refractivity contribution in [3.63, 3.8) is 0 Å². The summed E-state index contributed by atoms with van der Waals surface area (Å²) in [7, 11) is 0. The molecule has 6 nitrogen and oxygen atoms in total. The molecule has 7 heteroatoms. The Morgan fingerprint density at radius 1 is 1.27 bits per heavy atom. The maximum absolute atomic E-state index is 10.9. The summed E-state index contributed by atoms with van der Waals surface area (Å²) in [5, 5.41) is 17.7. The Morgan fingerprint density at radius 2 is 1.92 bits per heavy atom. The topological polar surface area (TPSA) is 72.8 Å². The first kappa shape index (κ1) is 19.8. The van der Waals surface area contributed by atoms with Gasteiger partial charge in [0.05, 0.1) is 17.2 Å². The average Bonchev–Trinajstić information content (AvgIpc) is 3.03. The van der Waals surface area contributed by atoms with Crippen LogP contribution in [0, 0.1) is 10.1 Å². The fraction of sp³-hybridized carbons (Fsp3) is 0.368. The van der Waals surface area contributed by atoms with Gasteiger partial charge < -0.3 is 0 Å². The standard InChI is InChI=1S/C19H24N4O2S/c1-4-7-16(8-5-2)21-22-18(14-26-19(22)20-13-6-3)15-9-11-17(12-10-15)23(24)25/h6,9-12,14H,3-5,7-8,13H2,1-2H3. The summed E-state index contributed by atoms with van der Waals surface area (Å²) in [5.74, 6) is 0. The van der Waals surface area contributed by atoms with E-state index in [0.29, 0.717) is 6.54 Å². The van der Waals surface area contributed by atoms with E-state index in [2.05, 4.69) is 25.4 Å². The van der Waals surface area contributed by atoms with E-state index in [4.69, 9.17) is 5.10 Å². The van der Waals surface area contributed by atoms with Crippen molar-refractivity contribution in [1.29, 1.82) is 0 Å². The van der Waals surface area contributed by atoms with Crippen LogP contribution >= 0.6 is 11.3 Å². The SMILES string of the molecule is C=CCN=c1scc(-c2ccc([N+](=O)[O-])cc2)n1N=C(CCC)CCC. The van der Waals surface area contributed by atoms with Crippen LogP contribution in [0.3, 0.4) is 0 Å². The number of aromatic nitrogens is 1. The van der Waals surface area contributed by atoms with Crippen molar-refractivity contribution in [2.45, 2.75) is 39.5 Å². The molecule has 0 unspecified atom stereocenters. The summed E-state index contributed by atoms with van der Waals surface area (Å²) in [4.78, 5) is 15.8. The van der Waals surface area contributed by atoms with E-state index in [1.165, 1.54) is 23.5 Å². The smallest absolute Gasteiger partial charge is 0.258 e. The number of thiazole rings is 1. The van der Waals surface area contributed by atoms with Gasteiger partial charge in [-0.1, -0.05) is 32.8 Å². The summed E-state index contributed by atoms with van der Waals surface area (Å²) in [5.41, 5.74) is 2.98. The zero-order valence-corrected chi connectivity index (χ0v) is 16.0. The van der Waals surface area contributed by atoms with Gasteiger partial charge in [0.15, 0.2) is 0 Å². The summed E-state index contributed by atoms with van der Waals surface area (Å²) in [6.07, 6.45) is 5.71. The summed E-state index contributed by atoms with van der Waals surface area (Å²) in [6.45, 7) is 8.52. The monoisotopic (exact) mass is 372 g/mol. The van der Waals surface area contributed by atoms with E-state index >= 15 is 0 Å². The van der Waals surface area contributed by atoms with Gasteiger partial charge in [-0.3, -0.25) is 15.1 Å².